The number of nitrogens with zero attached hydrogens (tertiary/aromatic N) is 1. The summed E-state index contributed by atoms with van der Waals surface area (Å²) in [7, 11) is 1.10. The molecule has 62 heavy (non-hydrogen) atoms. The van der Waals surface area contributed by atoms with Crippen LogP contribution in [-0.2, 0) is 37.4 Å². The lowest BCUT2D eigenvalue weighted by Crippen LogP contribution is -2.37. The van der Waals surface area contributed by atoms with Crippen LogP contribution in [0.5, 0.6) is 0 Å². The highest BCUT2D eigenvalue weighted by molar-refractivity contribution is 7.45. The number of carbonyl (C=O) groups excluding carboxylic acids is 2. The smallest absolute Gasteiger partial charge is 0.306 e. The maximum absolute atomic E-state index is 12.7. The van der Waals surface area contributed by atoms with Gasteiger partial charge in [-0.15, -0.1) is 0 Å². The number of phosphoric acid groups is 1. The third kappa shape index (κ3) is 39.0. The summed E-state index contributed by atoms with van der Waals surface area (Å²) in [4.78, 5) is 37.8. The second-order valence-electron chi connectivity index (χ2n) is 17.5. The number of epoxide rings is 1. The van der Waals surface area contributed by atoms with Gasteiger partial charge in [-0.1, -0.05) is 145 Å². The number of rotatable bonds is 42. The lowest BCUT2D eigenvalue weighted by Gasteiger charge is -2.28. The molecule has 0 spiro atoms. The van der Waals surface area contributed by atoms with Crippen molar-refractivity contribution >= 4 is 19.8 Å². The van der Waals surface area contributed by atoms with Gasteiger partial charge in [-0.2, -0.15) is 0 Å². The van der Waals surface area contributed by atoms with Gasteiger partial charge >= 0.3 is 11.9 Å². The standard InChI is InChI=1S/C51H88NO9P/c1-6-8-10-12-14-16-18-20-21-22-23-24-25-26-27-29-31-33-35-37-41-51(54)60-47(46-59-62(55,56)58-44-43-52(3,4)5)45-57-50(53)42-38-40-49-48(61-49)39-36-34-32-30-28-19-17-15-13-11-9-7-2/h15-18,21-22,24-25,28,30,34,36,47-49H,6-14,19-20,23,26-27,29,31-33,35,37-46H2,1-5H3/b17-15-,18-16-,22-21-,25-24-,30-28-,36-34-/t47-,48?,49?/m1/s1. The highest BCUT2D eigenvalue weighted by Crippen LogP contribution is 2.38. The van der Waals surface area contributed by atoms with Crippen LogP contribution in [-0.4, -0.2) is 82.2 Å². The molecular formula is C51H88NO9P. The van der Waals surface area contributed by atoms with Gasteiger partial charge < -0.3 is 32.6 Å². The largest absolute Gasteiger partial charge is 0.756 e. The van der Waals surface area contributed by atoms with Gasteiger partial charge in [0, 0.05) is 12.8 Å². The van der Waals surface area contributed by atoms with Crippen molar-refractivity contribution < 1.29 is 46.8 Å². The van der Waals surface area contributed by atoms with E-state index in [0.29, 0.717) is 23.9 Å². The second-order valence-corrected chi connectivity index (χ2v) is 18.9. The highest BCUT2D eigenvalue weighted by atomic mass is 31.2. The van der Waals surface area contributed by atoms with Gasteiger partial charge in [-0.3, -0.25) is 14.2 Å². The minimum absolute atomic E-state index is 0.0494. The topological polar surface area (TPSA) is 124 Å². The molecule has 0 saturated carbocycles. The molecule has 1 fully saturated rings. The molecule has 0 aromatic heterocycles. The summed E-state index contributed by atoms with van der Waals surface area (Å²) in [6, 6.07) is 0. The van der Waals surface area contributed by atoms with Gasteiger partial charge in [0.1, 0.15) is 19.8 Å². The fraction of sp³-hybridized carbons (Fsp3) is 0.725. The first-order valence-corrected chi connectivity index (χ1v) is 25.7. The van der Waals surface area contributed by atoms with Gasteiger partial charge in [0.15, 0.2) is 6.10 Å². The molecule has 0 amide bonds. The fourth-order valence-corrected chi connectivity index (χ4v) is 7.18. The number of hydrogen-bond donors (Lipinski definition) is 0. The van der Waals surface area contributed by atoms with Gasteiger partial charge in [-0.25, -0.2) is 0 Å². The van der Waals surface area contributed by atoms with Crippen LogP contribution in [0.1, 0.15) is 174 Å². The van der Waals surface area contributed by atoms with Gasteiger partial charge in [0.2, 0.25) is 0 Å². The molecule has 0 aliphatic carbocycles. The zero-order valence-corrected chi connectivity index (χ0v) is 40.6. The first kappa shape index (κ1) is 57.4. The first-order chi connectivity index (χ1) is 30.0. The van der Waals surface area contributed by atoms with Crippen molar-refractivity contribution in [3.63, 3.8) is 0 Å². The lowest BCUT2D eigenvalue weighted by molar-refractivity contribution is -0.870. The van der Waals surface area contributed by atoms with E-state index in [-0.39, 0.29) is 38.3 Å². The van der Waals surface area contributed by atoms with Gasteiger partial charge in [0.05, 0.1) is 40.0 Å². The Hall–Kier alpha value is -2.59. The Kier molecular flexibility index (Phi) is 36.0. The number of ether oxygens (including phenoxy) is 3. The number of phosphoric ester groups is 1. The van der Waals surface area contributed by atoms with Crippen LogP contribution >= 0.6 is 7.82 Å². The average molecular weight is 890 g/mol. The molecule has 0 radical (unpaired) electrons. The van der Waals surface area contributed by atoms with E-state index in [0.717, 1.165) is 83.5 Å². The Morgan fingerprint density at radius 1 is 0.597 bits per heavy atom. The highest BCUT2D eigenvalue weighted by Gasteiger charge is 2.36. The minimum atomic E-state index is -4.66. The predicted molar refractivity (Wildman–Crippen MR) is 254 cm³/mol. The Labute approximate surface area is 378 Å². The molecule has 4 atom stereocenters. The minimum Gasteiger partial charge on any atom is -0.756 e. The number of quaternary nitrogens is 1. The third-order valence-corrected chi connectivity index (χ3v) is 11.3. The lowest BCUT2D eigenvalue weighted by atomic mass is 10.1. The van der Waals surface area contributed by atoms with Crippen LogP contribution in [0.2, 0.25) is 0 Å². The van der Waals surface area contributed by atoms with Crippen LogP contribution in [0, 0.1) is 0 Å². The van der Waals surface area contributed by atoms with Crippen molar-refractivity contribution in [1.29, 1.82) is 0 Å². The van der Waals surface area contributed by atoms with Crippen LogP contribution in [0.15, 0.2) is 72.9 Å². The number of hydrogen-bond acceptors (Lipinski definition) is 9. The molecule has 1 rings (SSSR count). The number of allylic oxidation sites excluding steroid dienone is 11. The number of carbonyl (C=O) groups is 2. The molecule has 0 N–H and O–H groups in total. The van der Waals surface area contributed by atoms with Crippen LogP contribution in [0.25, 0.3) is 0 Å². The molecule has 1 heterocycles. The molecule has 0 aromatic rings. The molecule has 0 aromatic carbocycles. The molecule has 1 saturated heterocycles. The molecule has 11 heteroatoms. The molecule has 1 aliphatic heterocycles. The Morgan fingerprint density at radius 3 is 1.66 bits per heavy atom. The van der Waals surface area contributed by atoms with E-state index < -0.39 is 32.5 Å². The molecule has 3 unspecified atom stereocenters. The molecule has 1 aliphatic rings. The van der Waals surface area contributed by atoms with E-state index in [4.69, 9.17) is 23.3 Å². The molecule has 10 nitrogen and oxygen atoms in total. The summed E-state index contributed by atoms with van der Waals surface area (Å²) in [6.45, 7) is 4.07. The van der Waals surface area contributed by atoms with Crippen molar-refractivity contribution in [2.45, 2.75) is 193 Å². The summed E-state index contributed by atoms with van der Waals surface area (Å²) >= 11 is 0. The molecule has 0 bridgehead atoms. The normalized spacial score (nSPS) is 17.4. The fourth-order valence-electron chi connectivity index (χ4n) is 6.45. The summed E-state index contributed by atoms with van der Waals surface area (Å²) in [5, 5.41) is 0. The summed E-state index contributed by atoms with van der Waals surface area (Å²) in [5.41, 5.74) is 0. The van der Waals surface area contributed by atoms with Crippen LogP contribution in [0.4, 0.5) is 0 Å². The van der Waals surface area contributed by atoms with Crippen molar-refractivity contribution in [1.82, 2.24) is 0 Å². The van der Waals surface area contributed by atoms with Crippen molar-refractivity contribution in [3.8, 4) is 0 Å². The van der Waals surface area contributed by atoms with Gasteiger partial charge in [-0.05, 0) is 89.9 Å². The van der Waals surface area contributed by atoms with E-state index in [2.05, 4.69) is 86.8 Å². The van der Waals surface area contributed by atoms with Crippen molar-refractivity contribution in [2.24, 2.45) is 0 Å². The van der Waals surface area contributed by atoms with Crippen LogP contribution < -0.4 is 4.89 Å². The maximum atomic E-state index is 12.7. The Bertz CT molecular complexity index is 1350. The van der Waals surface area contributed by atoms with Crippen molar-refractivity contribution in [2.75, 3.05) is 47.5 Å². The molecule has 356 valence electrons. The molecular weight excluding hydrogens is 802 g/mol. The van der Waals surface area contributed by atoms with E-state index >= 15 is 0 Å². The quantitative estimate of drug-likeness (QED) is 0.0147. The summed E-state index contributed by atoms with van der Waals surface area (Å²) in [6.07, 6.45) is 50.9. The van der Waals surface area contributed by atoms with Gasteiger partial charge in [0.25, 0.3) is 7.82 Å². The number of unbranched alkanes of at least 4 members (excludes halogenated alkanes) is 13. The number of esters is 2. The van der Waals surface area contributed by atoms with E-state index in [9.17, 15) is 19.0 Å². The maximum Gasteiger partial charge on any atom is 0.306 e. The van der Waals surface area contributed by atoms with E-state index in [1.165, 1.54) is 51.4 Å². The monoisotopic (exact) mass is 890 g/mol. The first-order valence-electron chi connectivity index (χ1n) is 24.3. The predicted octanol–water partition coefficient (Wildman–Crippen LogP) is 12.5. The summed E-state index contributed by atoms with van der Waals surface area (Å²) < 4.78 is 39.8. The Balaban J connectivity index is 2.32. The van der Waals surface area contributed by atoms with E-state index in [1.54, 1.807) is 0 Å². The second kappa shape index (κ2) is 38.8. The van der Waals surface area contributed by atoms with E-state index in [1.807, 2.05) is 21.1 Å². The third-order valence-electron chi connectivity index (χ3n) is 10.4. The summed E-state index contributed by atoms with van der Waals surface area (Å²) in [5.74, 6) is -0.930. The van der Waals surface area contributed by atoms with Crippen molar-refractivity contribution in [3.05, 3.63) is 72.9 Å². The zero-order chi connectivity index (χ0) is 45.4. The SMILES string of the molecule is CCCCC/C=C\C/C=C\C/C=C\CC1OC1CCCC(=O)OC[C@H](COP(=O)([O-])OCC[N+](C)(C)C)OC(=O)CCCCCCCC/C=C\C/C=C\C/C=C\CCCCCC. The average Bonchev–Trinajstić information content (AvgIpc) is 3.98. The number of likely N-dealkylation sites (N-methyl/N-ethyl adjacent to an activating group) is 1. The zero-order valence-electron chi connectivity index (χ0n) is 39.7. The van der Waals surface area contributed by atoms with Crippen LogP contribution in [0.3, 0.4) is 0 Å². The Morgan fingerprint density at radius 2 is 1.08 bits per heavy atom.